The van der Waals surface area contributed by atoms with E-state index in [4.69, 9.17) is 16.0 Å². The molecule has 0 aliphatic heterocycles. The lowest BCUT2D eigenvalue weighted by molar-refractivity contribution is 0.0774. The Bertz CT molecular complexity index is 859. The number of furan rings is 1. The van der Waals surface area contributed by atoms with Crippen LogP contribution in [0, 0.1) is 6.92 Å². The van der Waals surface area contributed by atoms with Gasteiger partial charge in [-0.15, -0.1) is 0 Å². The summed E-state index contributed by atoms with van der Waals surface area (Å²) in [5.74, 6) is 1.09. The molecular formula is C16H19ClN2O4S. The van der Waals surface area contributed by atoms with Gasteiger partial charge in [-0.1, -0.05) is 11.6 Å². The second-order valence-corrected chi connectivity index (χ2v) is 8.13. The second kappa shape index (κ2) is 6.96. The highest BCUT2D eigenvalue weighted by atomic mass is 35.5. The van der Waals surface area contributed by atoms with Gasteiger partial charge >= 0.3 is 0 Å². The molecule has 0 fully saturated rings. The van der Waals surface area contributed by atoms with Gasteiger partial charge in [0.05, 0.1) is 11.6 Å². The first kappa shape index (κ1) is 18.5. The minimum Gasteiger partial charge on any atom is -0.464 e. The molecule has 0 N–H and O–H groups in total. The molecule has 8 heteroatoms. The summed E-state index contributed by atoms with van der Waals surface area (Å²) in [7, 11) is 0.704. The number of aryl methyl sites for hydroxylation is 1. The number of halogens is 1. The van der Waals surface area contributed by atoms with Crippen LogP contribution in [0.3, 0.4) is 0 Å². The van der Waals surface area contributed by atoms with E-state index in [1.165, 1.54) is 37.2 Å². The van der Waals surface area contributed by atoms with Crippen LogP contribution in [-0.4, -0.2) is 44.7 Å². The lowest BCUT2D eigenvalue weighted by Crippen LogP contribution is -2.27. The molecule has 1 amide bonds. The number of benzene rings is 1. The zero-order valence-corrected chi connectivity index (χ0v) is 15.5. The number of hydrogen-bond acceptors (Lipinski definition) is 4. The van der Waals surface area contributed by atoms with Gasteiger partial charge < -0.3 is 9.32 Å². The van der Waals surface area contributed by atoms with Crippen LogP contribution in [0.5, 0.6) is 0 Å². The van der Waals surface area contributed by atoms with Crippen LogP contribution < -0.4 is 0 Å². The maximum atomic E-state index is 12.5. The van der Waals surface area contributed by atoms with Crippen molar-refractivity contribution in [2.45, 2.75) is 18.4 Å². The molecule has 1 aromatic heterocycles. The van der Waals surface area contributed by atoms with Crippen LogP contribution in [0.4, 0.5) is 0 Å². The molecule has 2 rings (SSSR count). The highest BCUT2D eigenvalue weighted by molar-refractivity contribution is 7.89. The van der Waals surface area contributed by atoms with E-state index in [1.807, 2.05) is 13.0 Å². The molecule has 0 bridgehead atoms. The summed E-state index contributed by atoms with van der Waals surface area (Å²) >= 11 is 6.00. The van der Waals surface area contributed by atoms with Gasteiger partial charge in [-0.25, -0.2) is 12.7 Å². The molecule has 1 aromatic carbocycles. The third-order valence-corrected chi connectivity index (χ3v) is 5.77. The van der Waals surface area contributed by atoms with Crippen molar-refractivity contribution in [3.8, 4) is 0 Å². The molecule has 2 aromatic rings. The Morgan fingerprint density at radius 3 is 2.38 bits per heavy atom. The van der Waals surface area contributed by atoms with Gasteiger partial charge in [0.1, 0.15) is 16.4 Å². The van der Waals surface area contributed by atoms with Gasteiger partial charge in [0.15, 0.2) is 0 Å². The maximum Gasteiger partial charge on any atom is 0.254 e. The topological polar surface area (TPSA) is 70.8 Å². The number of hydrogen-bond donors (Lipinski definition) is 0. The summed E-state index contributed by atoms with van der Waals surface area (Å²) in [4.78, 5) is 13.9. The minimum absolute atomic E-state index is 0.0737. The van der Waals surface area contributed by atoms with Crippen LogP contribution in [-0.2, 0) is 16.6 Å². The summed E-state index contributed by atoms with van der Waals surface area (Å²) in [6, 6.07) is 7.82. The molecule has 0 saturated carbocycles. The Hall–Kier alpha value is -1.83. The molecule has 0 aliphatic rings. The molecule has 1 heterocycles. The predicted octanol–water partition coefficient (Wildman–Crippen LogP) is 2.76. The Morgan fingerprint density at radius 1 is 1.17 bits per heavy atom. The molecular weight excluding hydrogens is 352 g/mol. The Kier molecular flexibility index (Phi) is 5.37. The zero-order chi connectivity index (χ0) is 18.1. The summed E-state index contributed by atoms with van der Waals surface area (Å²) in [5, 5.41) is 0.0737. The van der Waals surface area contributed by atoms with Crippen LogP contribution >= 0.6 is 11.6 Å². The summed E-state index contributed by atoms with van der Waals surface area (Å²) in [5.41, 5.74) is 0.241. The van der Waals surface area contributed by atoms with Gasteiger partial charge in [0.2, 0.25) is 10.0 Å². The van der Waals surface area contributed by atoms with E-state index in [0.29, 0.717) is 5.76 Å². The van der Waals surface area contributed by atoms with E-state index in [9.17, 15) is 13.2 Å². The molecule has 0 radical (unpaired) electrons. The van der Waals surface area contributed by atoms with Crippen molar-refractivity contribution >= 4 is 27.5 Å². The third-order valence-electron chi connectivity index (χ3n) is 3.47. The van der Waals surface area contributed by atoms with Crippen molar-refractivity contribution in [1.82, 2.24) is 9.21 Å². The molecule has 0 spiro atoms. The Balaban J connectivity index is 2.30. The molecule has 0 saturated heterocycles. The van der Waals surface area contributed by atoms with Crippen LogP contribution in [0.1, 0.15) is 21.9 Å². The molecule has 0 aliphatic carbocycles. The number of sulfonamides is 1. The second-order valence-electron chi connectivity index (χ2n) is 5.61. The highest BCUT2D eigenvalue weighted by Gasteiger charge is 2.23. The first-order valence-corrected chi connectivity index (χ1v) is 8.97. The third kappa shape index (κ3) is 3.80. The van der Waals surface area contributed by atoms with Crippen LogP contribution in [0.25, 0.3) is 0 Å². The van der Waals surface area contributed by atoms with Crippen molar-refractivity contribution < 1.29 is 17.6 Å². The number of carbonyl (C=O) groups excluding carboxylic acids is 1. The highest BCUT2D eigenvalue weighted by Crippen LogP contribution is 2.25. The Labute approximate surface area is 146 Å². The van der Waals surface area contributed by atoms with E-state index in [1.54, 1.807) is 13.1 Å². The fourth-order valence-corrected chi connectivity index (χ4v) is 3.52. The summed E-state index contributed by atoms with van der Waals surface area (Å²) in [6.07, 6.45) is 0. The van der Waals surface area contributed by atoms with Gasteiger partial charge in [-0.05, 0) is 37.3 Å². The van der Waals surface area contributed by atoms with Gasteiger partial charge in [-0.3, -0.25) is 4.79 Å². The largest absolute Gasteiger partial charge is 0.464 e. The molecule has 6 nitrogen and oxygen atoms in total. The lowest BCUT2D eigenvalue weighted by Gasteiger charge is -2.18. The number of carbonyl (C=O) groups is 1. The van der Waals surface area contributed by atoms with Crippen LogP contribution in [0.2, 0.25) is 5.02 Å². The fraction of sp³-hybridized carbons (Fsp3) is 0.312. The van der Waals surface area contributed by atoms with E-state index >= 15 is 0 Å². The number of rotatable bonds is 5. The van der Waals surface area contributed by atoms with E-state index in [2.05, 4.69) is 0 Å². The van der Waals surface area contributed by atoms with E-state index in [-0.39, 0.29) is 27.9 Å². The Morgan fingerprint density at radius 2 is 1.83 bits per heavy atom. The lowest BCUT2D eigenvalue weighted by atomic mass is 10.2. The summed E-state index contributed by atoms with van der Waals surface area (Å²) < 4.78 is 31.1. The van der Waals surface area contributed by atoms with Crippen molar-refractivity contribution in [2.75, 3.05) is 21.1 Å². The van der Waals surface area contributed by atoms with Gasteiger partial charge in [-0.2, -0.15) is 0 Å². The van der Waals surface area contributed by atoms with E-state index in [0.717, 1.165) is 10.1 Å². The molecule has 0 atom stereocenters. The first-order valence-electron chi connectivity index (χ1n) is 7.16. The first-order chi connectivity index (χ1) is 11.1. The average molecular weight is 371 g/mol. The predicted molar refractivity (Wildman–Crippen MR) is 91.6 cm³/mol. The smallest absolute Gasteiger partial charge is 0.254 e. The normalized spacial score (nSPS) is 11.8. The zero-order valence-electron chi connectivity index (χ0n) is 13.9. The van der Waals surface area contributed by atoms with Gasteiger partial charge in [0.25, 0.3) is 5.91 Å². The number of nitrogens with zero attached hydrogens (tertiary/aromatic N) is 2. The van der Waals surface area contributed by atoms with E-state index < -0.39 is 10.0 Å². The molecule has 24 heavy (non-hydrogen) atoms. The monoisotopic (exact) mass is 370 g/mol. The van der Waals surface area contributed by atoms with Crippen molar-refractivity contribution in [3.05, 3.63) is 52.4 Å². The van der Waals surface area contributed by atoms with Crippen molar-refractivity contribution in [1.29, 1.82) is 0 Å². The van der Waals surface area contributed by atoms with Crippen LogP contribution in [0.15, 0.2) is 39.6 Å². The SMILES string of the molecule is Cc1ccc(CN(C)C(=O)c2ccc(Cl)c(S(=O)(=O)N(C)C)c2)o1. The standard InChI is InChI=1S/C16H19ClN2O4S/c1-11-5-7-13(23-11)10-19(4)16(20)12-6-8-14(17)15(9-12)24(21,22)18(2)3/h5-9H,10H2,1-4H3. The van der Waals surface area contributed by atoms with Crippen molar-refractivity contribution in [3.63, 3.8) is 0 Å². The average Bonchev–Trinajstić information content (AvgIpc) is 2.91. The number of amides is 1. The fourth-order valence-electron chi connectivity index (χ4n) is 2.13. The van der Waals surface area contributed by atoms with Gasteiger partial charge in [0, 0.05) is 26.7 Å². The molecule has 0 unspecified atom stereocenters. The minimum atomic E-state index is -3.73. The van der Waals surface area contributed by atoms with Crippen molar-refractivity contribution in [2.24, 2.45) is 0 Å². The quantitative estimate of drug-likeness (QED) is 0.811. The summed E-state index contributed by atoms with van der Waals surface area (Å²) in [6.45, 7) is 2.11. The molecule has 130 valence electrons. The maximum absolute atomic E-state index is 12.5.